The zero-order valence-corrected chi connectivity index (χ0v) is 13.7. The molecule has 21 heavy (non-hydrogen) atoms. The van der Waals surface area contributed by atoms with Gasteiger partial charge < -0.3 is 0 Å². The van der Waals surface area contributed by atoms with Gasteiger partial charge in [-0.15, -0.1) is 11.3 Å². The second kappa shape index (κ2) is 5.64. The molecule has 2 rings (SSSR count). The van der Waals surface area contributed by atoms with E-state index < -0.39 is 11.7 Å². The lowest BCUT2D eigenvalue weighted by atomic mass is 9.86. The monoisotopic (exact) mass is 314 g/mol. The van der Waals surface area contributed by atoms with Crippen LogP contribution in [0.25, 0.3) is 10.1 Å². The van der Waals surface area contributed by atoms with Crippen LogP contribution in [-0.2, 0) is 18.0 Å². The Morgan fingerprint density at radius 3 is 2.29 bits per heavy atom. The first-order valence-electron chi connectivity index (χ1n) is 7.27. The Morgan fingerprint density at radius 1 is 1.10 bits per heavy atom. The molecule has 0 unspecified atom stereocenters. The Labute approximate surface area is 128 Å². The van der Waals surface area contributed by atoms with Crippen LogP contribution in [0.15, 0.2) is 18.2 Å². The lowest BCUT2D eigenvalue weighted by Gasteiger charge is -2.19. The lowest BCUT2D eigenvalue weighted by molar-refractivity contribution is -0.136. The van der Waals surface area contributed by atoms with E-state index in [1.165, 1.54) is 11.3 Å². The van der Waals surface area contributed by atoms with Crippen LogP contribution in [0.5, 0.6) is 0 Å². The molecular formula is C17H21F3S. The van der Waals surface area contributed by atoms with Crippen molar-refractivity contribution in [3.8, 4) is 0 Å². The van der Waals surface area contributed by atoms with Crippen molar-refractivity contribution in [2.45, 2.75) is 58.5 Å². The fraction of sp³-hybridized carbons (Fsp3) is 0.529. The summed E-state index contributed by atoms with van der Waals surface area (Å²) in [6.07, 6.45) is -2.07. The third-order valence-electron chi connectivity index (χ3n) is 3.67. The number of hydrogen-bond donors (Lipinski definition) is 0. The summed E-state index contributed by atoms with van der Waals surface area (Å²) in [6, 6.07) is 5.39. The van der Waals surface area contributed by atoms with Crippen molar-refractivity contribution in [1.82, 2.24) is 0 Å². The fourth-order valence-corrected chi connectivity index (χ4v) is 3.74. The first-order valence-corrected chi connectivity index (χ1v) is 8.09. The van der Waals surface area contributed by atoms with Crippen LogP contribution >= 0.6 is 11.3 Å². The van der Waals surface area contributed by atoms with Gasteiger partial charge >= 0.3 is 6.18 Å². The molecule has 0 aliphatic heterocycles. The van der Waals surface area contributed by atoms with E-state index in [1.807, 2.05) is 19.1 Å². The Kier molecular flexibility index (Phi) is 4.39. The predicted octanol–water partition coefficient (Wildman–Crippen LogP) is 6.56. The van der Waals surface area contributed by atoms with Gasteiger partial charge in [0.2, 0.25) is 0 Å². The first-order chi connectivity index (χ1) is 9.64. The van der Waals surface area contributed by atoms with E-state index in [1.54, 1.807) is 6.07 Å². The molecule has 116 valence electrons. The quantitative estimate of drug-likeness (QED) is 0.602. The normalized spacial score (nSPS) is 13.1. The van der Waals surface area contributed by atoms with E-state index in [9.17, 15) is 13.2 Å². The van der Waals surface area contributed by atoms with Gasteiger partial charge in [0.15, 0.2) is 0 Å². The van der Waals surface area contributed by atoms with Crippen LogP contribution in [0.2, 0.25) is 0 Å². The maximum atomic E-state index is 13.4. The zero-order chi connectivity index (χ0) is 15.8. The number of unbranched alkanes of at least 4 members (excludes halogenated alkanes) is 1. The van der Waals surface area contributed by atoms with E-state index in [2.05, 4.69) is 20.8 Å². The maximum absolute atomic E-state index is 13.4. The van der Waals surface area contributed by atoms with Gasteiger partial charge in [-0.25, -0.2) is 0 Å². The summed E-state index contributed by atoms with van der Waals surface area (Å²) in [4.78, 5) is 0.477. The minimum atomic E-state index is -4.27. The molecule has 0 nitrogen and oxygen atoms in total. The molecule has 1 heterocycles. The predicted molar refractivity (Wildman–Crippen MR) is 84.1 cm³/mol. The minimum absolute atomic E-state index is 0.0554. The highest BCUT2D eigenvalue weighted by Gasteiger charge is 2.37. The summed E-state index contributed by atoms with van der Waals surface area (Å²) in [5.41, 5.74) is 0.601. The Morgan fingerprint density at radius 2 is 1.76 bits per heavy atom. The van der Waals surface area contributed by atoms with Crippen molar-refractivity contribution < 1.29 is 13.2 Å². The Hall–Kier alpha value is -1.03. The van der Waals surface area contributed by atoms with Crippen molar-refractivity contribution in [2.24, 2.45) is 0 Å². The molecule has 0 N–H and O–H groups in total. The van der Waals surface area contributed by atoms with Crippen LogP contribution in [0, 0.1) is 0 Å². The largest absolute Gasteiger partial charge is 0.418 e. The number of hydrogen-bond acceptors (Lipinski definition) is 1. The maximum Gasteiger partial charge on any atom is 0.418 e. The second-order valence-electron chi connectivity index (χ2n) is 6.46. The number of benzene rings is 1. The van der Waals surface area contributed by atoms with Gasteiger partial charge in [0.05, 0.1) is 5.56 Å². The second-order valence-corrected chi connectivity index (χ2v) is 7.60. The summed E-state index contributed by atoms with van der Waals surface area (Å²) >= 11 is 1.30. The van der Waals surface area contributed by atoms with Crippen LogP contribution in [0.1, 0.15) is 56.5 Å². The van der Waals surface area contributed by atoms with Crippen molar-refractivity contribution in [3.63, 3.8) is 0 Å². The molecule has 0 saturated carbocycles. The third kappa shape index (κ3) is 3.42. The third-order valence-corrected chi connectivity index (χ3v) is 4.88. The van der Waals surface area contributed by atoms with Crippen LogP contribution in [0.4, 0.5) is 13.2 Å². The van der Waals surface area contributed by atoms with Crippen molar-refractivity contribution in [2.75, 3.05) is 0 Å². The average molecular weight is 314 g/mol. The van der Waals surface area contributed by atoms with Crippen molar-refractivity contribution in [3.05, 3.63) is 34.2 Å². The fourth-order valence-electron chi connectivity index (χ4n) is 2.44. The molecule has 0 aliphatic rings. The van der Waals surface area contributed by atoms with E-state index in [4.69, 9.17) is 0 Å². The molecule has 0 amide bonds. The van der Waals surface area contributed by atoms with Gasteiger partial charge in [0.1, 0.15) is 0 Å². The summed E-state index contributed by atoms with van der Waals surface area (Å²) in [5.74, 6) is 0. The number of thiophene rings is 1. The smallest absolute Gasteiger partial charge is 0.166 e. The van der Waals surface area contributed by atoms with E-state index in [0.717, 1.165) is 23.1 Å². The van der Waals surface area contributed by atoms with Crippen LogP contribution < -0.4 is 0 Å². The number of rotatable bonds is 3. The Bertz CT molecular complexity index is 630. The molecule has 0 aliphatic carbocycles. The molecule has 0 saturated heterocycles. The summed E-state index contributed by atoms with van der Waals surface area (Å²) in [7, 11) is 0. The minimum Gasteiger partial charge on any atom is -0.166 e. The highest BCUT2D eigenvalue weighted by atomic mass is 32.1. The number of alkyl halides is 3. The van der Waals surface area contributed by atoms with Gasteiger partial charge in [-0.3, -0.25) is 0 Å². The average Bonchev–Trinajstić information content (AvgIpc) is 2.71. The van der Waals surface area contributed by atoms with Gasteiger partial charge in [0, 0.05) is 15.0 Å². The lowest BCUT2D eigenvalue weighted by Crippen LogP contribution is -2.10. The number of aryl methyl sites for hydroxylation is 1. The van der Waals surface area contributed by atoms with Gasteiger partial charge in [-0.1, -0.05) is 46.2 Å². The van der Waals surface area contributed by atoms with Gasteiger partial charge in [0.25, 0.3) is 0 Å². The SMILES string of the molecule is CCCCc1sc2cc(C(C)(C)C)ccc2c1C(F)(F)F. The molecule has 0 spiro atoms. The summed E-state index contributed by atoms with van der Waals surface area (Å²) in [5, 5.41) is 0.353. The van der Waals surface area contributed by atoms with Gasteiger partial charge in [-0.2, -0.15) is 13.2 Å². The molecular weight excluding hydrogens is 293 g/mol. The van der Waals surface area contributed by atoms with E-state index in [-0.39, 0.29) is 5.41 Å². The Balaban J connectivity index is 2.62. The van der Waals surface area contributed by atoms with E-state index >= 15 is 0 Å². The van der Waals surface area contributed by atoms with Crippen LogP contribution in [0.3, 0.4) is 0 Å². The molecule has 4 heteroatoms. The highest BCUT2D eigenvalue weighted by Crippen LogP contribution is 2.43. The molecule has 2 aromatic rings. The van der Waals surface area contributed by atoms with Crippen LogP contribution in [-0.4, -0.2) is 0 Å². The van der Waals surface area contributed by atoms with E-state index in [0.29, 0.717) is 16.7 Å². The topological polar surface area (TPSA) is 0 Å². The molecule has 1 aromatic heterocycles. The number of halogens is 3. The van der Waals surface area contributed by atoms with Crippen molar-refractivity contribution >= 4 is 21.4 Å². The molecule has 0 fully saturated rings. The molecule has 0 bridgehead atoms. The first kappa shape index (κ1) is 16.3. The highest BCUT2D eigenvalue weighted by molar-refractivity contribution is 7.19. The van der Waals surface area contributed by atoms with Crippen molar-refractivity contribution in [1.29, 1.82) is 0 Å². The number of fused-ring (bicyclic) bond motifs is 1. The summed E-state index contributed by atoms with van der Waals surface area (Å²) in [6.45, 7) is 8.22. The standard InChI is InChI=1S/C17H21F3S/c1-5-6-7-13-15(17(18,19)20)12-9-8-11(16(2,3)4)10-14(12)21-13/h8-10H,5-7H2,1-4H3. The zero-order valence-electron chi connectivity index (χ0n) is 12.9. The molecule has 0 atom stereocenters. The molecule has 0 radical (unpaired) electrons. The molecule has 1 aromatic carbocycles. The summed E-state index contributed by atoms with van der Waals surface area (Å²) < 4.78 is 40.9. The van der Waals surface area contributed by atoms with Gasteiger partial charge in [-0.05, 0) is 29.9 Å².